The summed E-state index contributed by atoms with van der Waals surface area (Å²) in [5, 5.41) is 12.4. The lowest BCUT2D eigenvalue weighted by molar-refractivity contribution is 0.0979. The van der Waals surface area contributed by atoms with Crippen molar-refractivity contribution in [2.45, 2.75) is 44.1 Å². The minimum Gasteiger partial charge on any atom is -0.391 e. The Morgan fingerprint density at radius 1 is 1.35 bits per heavy atom. The largest absolute Gasteiger partial charge is 0.391 e. The molecule has 0 radical (unpaired) electrons. The van der Waals surface area contributed by atoms with Crippen molar-refractivity contribution < 1.29 is 18.3 Å². The topological polar surface area (TPSA) is 75.6 Å². The standard InChI is InChI=1S/C11H23NO4S/c1-9(2)12-7-10(13)8-17(14,15)11-3-5-16-6-4-11/h9-13H,3-8H2,1-2H3. The van der Waals surface area contributed by atoms with Crippen molar-refractivity contribution in [3.63, 3.8) is 0 Å². The van der Waals surface area contributed by atoms with Crippen LogP contribution in [-0.2, 0) is 14.6 Å². The fourth-order valence-corrected chi connectivity index (χ4v) is 3.71. The van der Waals surface area contributed by atoms with Gasteiger partial charge in [0.1, 0.15) is 0 Å². The zero-order chi connectivity index (χ0) is 12.9. The molecule has 0 aliphatic carbocycles. The fraction of sp³-hybridized carbons (Fsp3) is 1.00. The van der Waals surface area contributed by atoms with Gasteiger partial charge in [0, 0.05) is 25.8 Å². The number of aliphatic hydroxyl groups is 1. The normalized spacial score (nSPS) is 20.7. The van der Waals surface area contributed by atoms with E-state index in [9.17, 15) is 13.5 Å². The summed E-state index contributed by atoms with van der Waals surface area (Å²) in [6.07, 6.45) is 0.268. The SMILES string of the molecule is CC(C)NCC(O)CS(=O)(=O)C1CCOCC1. The van der Waals surface area contributed by atoms with Gasteiger partial charge >= 0.3 is 0 Å². The van der Waals surface area contributed by atoms with Gasteiger partial charge in [-0.25, -0.2) is 8.42 Å². The van der Waals surface area contributed by atoms with Crippen LogP contribution in [0.15, 0.2) is 0 Å². The molecule has 5 nitrogen and oxygen atoms in total. The summed E-state index contributed by atoms with van der Waals surface area (Å²) in [4.78, 5) is 0. The molecule has 2 N–H and O–H groups in total. The van der Waals surface area contributed by atoms with Crippen molar-refractivity contribution in [3.8, 4) is 0 Å². The second-order valence-corrected chi connectivity index (χ2v) is 7.18. The van der Waals surface area contributed by atoms with Gasteiger partial charge in [0.2, 0.25) is 0 Å². The van der Waals surface area contributed by atoms with E-state index in [2.05, 4.69) is 5.32 Å². The lowest BCUT2D eigenvalue weighted by Crippen LogP contribution is -2.39. The third-order valence-electron chi connectivity index (χ3n) is 2.86. The number of hydrogen-bond donors (Lipinski definition) is 2. The quantitative estimate of drug-likeness (QED) is 0.703. The molecule has 1 unspecified atom stereocenters. The Morgan fingerprint density at radius 3 is 2.47 bits per heavy atom. The van der Waals surface area contributed by atoms with Gasteiger partial charge in [-0.1, -0.05) is 13.8 Å². The summed E-state index contributed by atoms with van der Waals surface area (Å²) >= 11 is 0. The highest BCUT2D eigenvalue weighted by molar-refractivity contribution is 7.92. The van der Waals surface area contributed by atoms with Crippen LogP contribution in [0.4, 0.5) is 0 Å². The van der Waals surface area contributed by atoms with E-state index in [4.69, 9.17) is 4.74 Å². The van der Waals surface area contributed by atoms with E-state index in [1.807, 2.05) is 13.8 Å². The van der Waals surface area contributed by atoms with Crippen LogP contribution in [0.2, 0.25) is 0 Å². The van der Waals surface area contributed by atoms with Crippen LogP contribution in [0.25, 0.3) is 0 Å². The van der Waals surface area contributed by atoms with Crippen LogP contribution in [0.3, 0.4) is 0 Å². The first kappa shape index (κ1) is 14.9. The predicted molar refractivity (Wildman–Crippen MR) is 66.8 cm³/mol. The first-order valence-corrected chi connectivity index (χ1v) is 7.84. The van der Waals surface area contributed by atoms with Crippen molar-refractivity contribution in [1.82, 2.24) is 5.32 Å². The Labute approximate surface area is 103 Å². The minimum atomic E-state index is -3.20. The summed E-state index contributed by atoms with van der Waals surface area (Å²) in [5.41, 5.74) is 0. The molecular weight excluding hydrogens is 242 g/mol. The molecule has 102 valence electrons. The molecule has 17 heavy (non-hydrogen) atoms. The summed E-state index contributed by atoms with van der Waals surface area (Å²) in [6.45, 7) is 5.24. The summed E-state index contributed by atoms with van der Waals surface area (Å²) in [6, 6.07) is 0.246. The van der Waals surface area contributed by atoms with Crippen LogP contribution >= 0.6 is 0 Å². The monoisotopic (exact) mass is 265 g/mol. The number of hydrogen-bond acceptors (Lipinski definition) is 5. The number of rotatable bonds is 6. The van der Waals surface area contributed by atoms with Crippen molar-refractivity contribution >= 4 is 9.84 Å². The second-order valence-electron chi connectivity index (χ2n) is 4.86. The Balaban J connectivity index is 2.42. The van der Waals surface area contributed by atoms with Crippen molar-refractivity contribution in [1.29, 1.82) is 0 Å². The molecule has 0 saturated carbocycles. The van der Waals surface area contributed by atoms with Gasteiger partial charge in [0.15, 0.2) is 9.84 Å². The molecule has 1 aliphatic rings. The van der Waals surface area contributed by atoms with Gasteiger partial charge in [-0.2, -0.15) is 0 Å². The molecule has 1 heterocycles. The fourth-order valence-electron chi connectivity index (χ4n) is 1.87. The average Bonchev–Trinajstić information content (AvgIpc) is 2.27. The average molecular weight is 265 g/mol. The maximum atomic E-state index is 12.0. The zero-order valence-corrected chi connectivity index (χ0v) is 11.4. The summed E-state index contributed by atoms with van der Waals surface area (Å²) < 4.78 is 29.1. The van der Waals surface area contributed by atoms with Gasteiger partial charge in [-0.15, -0.1) is 0 Å². The molecule has 1 rings (SSSR count). The van der Waals surface area contributed by atoms with E-state index in [1.165, 1.54) is 0 Å². The number of aliphatic hydroxyl groups excluding tert-OH is 1. The third-order valence-corrected chi connectivity index (χ3v) is 5.20. The Hall–Kier alpha value is -0.170. The van der Waals surface area contributed by atoms with Gasteiger partial charge in [0.25, 0.3) is 0 Å². The van der Waals surface area contributed by atoms with E-state index in [-0.39, 0.29) is 17.0 Å². The smallest absolute Gasteiger partial charge is 0.155 e. The first-order valence-electron chi connectivity index (χ1n) is 6.12. The molecular formula is C11H23NO4S. The lowest BCUT2D eigenvalue weighted by atomic mass is 10.2. The Morgan fingerprint density at radius 2 is 1.94 bits per heavy atom. The van der Waals surface area contributed by atoms with E-state index >= 15 is 0 Å². The summed E-state index contributed by atoms with van der Waals surface area (Å²) in [7, 11) is -3.20. The highest BCUT2D eigenvalue weighted by Crippen LogP contribution is 2.17. The van der Waals surface area contributed by atoms with E-state index in [0.717, 1.165) is 0 Å². The highest BCUT2D eigenvalue weighted by Gasteiger charge is 2.29. The minimum absolute atomic E-state index is 0.155. The molecule has 0 spiro atoms. The molecule has 0 aromatic carbocycles. The van der Waals surface area contributed by atoms with E-state index < -0.39 is 15.9 Å². The maximum Gasteiger partial charge on any atom is 0.155 e. The van der Waals surface area contributed by atoms with E-state index in [1.54, 1.807) is 0 Å². The highest BCUT2D eigenvalue weighted by atomic mass is 32.2. The van der Waals surface area contributed by atoms with Gasteiger partial charge < -0.3 is 15.2 Å². The van der Waals surface area contributed by atoms with Gasteiger partial charge in [0.05, 0.1) is 17.1 Å². The molecule has 0 amide bonds. The van der Waals surface area contributed by atoms with E-state index in [0.29, 0.717) is 32.6 Å². The van der Waals surface area contributed by atoms with Crippen LogP contribution < -0.4 is 5.32 Å². The van der Waals surface area contributed by atoms with Crippen molar-refractivity contribution in [2.75, 3.05) is 25.5 Å². The molecule has 0 aromatic heterocycles. The van der Waals surface area contributed by atoms with Crippen LogP contribution in [0.1, 0.15) is 26.7 Å². The number of nitrogens with one attached hydrogen (secondary N) is 1. The van der Waals surface area contributed by atoms with Gasteiger partial charge in [-0.3, -0.25) is 0 Å². The molecule has 6 heteroatoms. The van der Waals surface area contributed by atoms with Gasteiger partial charge in [-0.05, 0) is 12.8 Å². The zero-order valence-electron chi connectivity index (χ0n) is 10.6. The van der Waals surface area contributed by atoms with Crippen LogP contribution in [-0.4, -0.2) is 56.4 Å². The van der Waals surface area contributed by atoms with Crippen molar-refractivity contribution in [2.24, 2.45) is 0 Å². The van der Waals surface area contributed by atoms with Crippen LogP contribution in [0.5, 0.6) is 0 Å². The lowest BCUT2D eigenvalue weighted by Gasteiger charge is -2.23. The maximum absolute atomic E-state index is 12.0. The Kier molecular flexibility index (Phi) is 5.85. The molecule has 1 aliphatic heterocycles. The molecule has 1 fully saturated rings. The molecule has 0 bridgehead atoms. The predicted octanol–water partition coefficient (Wildman–Crippen LogP) is -0.0609. The molecule has 1 atom stereocenters. The number of ether oxygens (including phenoxy) is 1. The van der Waals surface area contributed by atoms with Crippen molar-refractivity contribution in [3.05, 3.63) is 0 Å². The second kappa shape index (κ2) is 6.68. The Bertz CT molecular complexity index is 309. The number of sulfone groups is 1. The third kappa shape index (κ3) is 5.33. The molecule has 0 aromatic rings. The molecule has 1 saturated heterocycles. The summed E-state index contributed by atoms with van der Waals surface area (Å²) in [5.74, 6) is -0.155. The van der Waals surface area contributed by atoms with Crippen LogP contribution in [0, 0.1) is 0 Å². The first-order chi connectivity index (χ1) is 7.92.